The van der Waals surface area contributed by atoms with Gasteiger partial charge in [-0.25, -0.2) is 4.98 Å². The molecule has 0 bridgehead atoms. The van der Waals surface area contributed by atoms with E-state index in [0.717, 1.165) is 10.6 Å². The minimum atomic E-state index is -0.907. The lowest BCUT2D eigenvalue weighted by molar-refractivity contribution is -0.137. The molecule has 0 unspecified atom stereocenters. The van der Waals surface area contributed by atoms with Crippen molar-refractivity contribution in [2.24, 2.45) is 0 Å². The van der Waals surface area contributed by atoms with Crippen LogP contribution in [0.5, 0.6) is 0 Å². The van der Waals surface area contributed by atoms with E-state index in [-0.39, 0.29) is 18.9 Å². The Balaban J connectivity index is 2.12. The number of amides is 1. The van der Waals surface area contributed by atoms with E-state index in [2.05, 4.69) is 4.98 Å². The molecule has 0 aliphatic carbocycles. The molecule has 1 aromatic heterocycles. The normalized spacial score (nSPS) is 10.3. The number of benzene rings is 1. The summed E-state index contributed by atoms with van der Waals surface area (Å²) in [7, 11) is 0. The van der Waals surface area contributed by atoms with Gasteiger partial charge >= 0.3 is 5.97 Å². The second-order valence-electron chi connectivity index (χ2n) is 4.42. The minimum Gasteiger partial charge on any atom is -0.481 e. The van der Waals surface area contributed by atoms with Gasteiger partial charge in [0.25, 0.3) is 5.91 Å². The van der Waals surface area contributed by atoms with Crippen molar-refractivity contribution in [2.45, 2.75) is 13.3 Å². The van der Waals surface area contributed by atoms with Crippen molar-refractivity contribution in [3.63, 3.8) is 0 Å². The quantitative estimate of drug-likeness (QED) is 0.891. The number of thiazole rings is 1. The van der Waals surface area contributed by atoms with Crippen LogP contribution < -0.4 is 0 Å². The summed E-state index contributed by atoms with van der Waals surface area (Å²) in [6, 6.07) is 9.64. The van der Waals surface area contributed by atoms with E-state index in [0.29, 0.717) is 11.4 Å². The Hall–Kier alpha value is -2.21. The monoisotopic (exact) mass is 304 g/mol. The fourth-order valence-corrected chi connectivity index (χ4v) is 2.77. The predicted molar refractivity (Wildman–Crippen MR) is 81.4 cm³/mol. The van der Waals surface area contributed by atoms with E-state index in [9.17, 15) is 9.59 Å². The maximum Gasteiger partial charge on any atom is 0.305 e. The first-order valence-electron chi connectivity index (χ1n) is 6.64. The van der Waals surface area contributed by atoms with Crippen molar-refractivity contribution >= 4 is 23.2 Å². The van der Waals surface area contributed by atoms with Gasteiger partial charge in [-0.1, -0.05) is 30.3 Å². The molecule has 2 aromatic rings. The van der Waals surface area contributed by atoms with Crippen LogP contribution >= 0.6 is 11.3 Å². The zero-order chi connectivity index (χ0) is 15.2. The first-order valence-corrected chi connectivity index (χ1v) is 7.45. The molecular weight excluding hydrogens is 288 g/mol. The molecule has 0 fully saturated rings. The van der Waals surface area contributed by atoms with Crippen LogP contribution in [0.2, 0.25) is 0 Å². The lowest BCUT2D eigenvalue weighted by atomic mass is 10.2. The smallest absolute Gasteiger partial charge is 0.305 e. The molecule has 1 aromatic carbocycles. The third-order valence-electron chi connectivity index (χ3n) is 3.00. The van der Waals surface area contributed by atoms with Crippen LogP contribution in [0.1, 0.15) is 23.0 Å². The molecule has 0 saturated carbocycles. The maximum atomic E-state index is 12.3. The van der Waals surface area contributed by atoms with Crippen molar-refractivity contribution < 1.29 is 14.7 Å². The molecule has 1 N–H and O–H groups in total. The van der Waals surface area contributed by atoms with Gasteiger partial charge in [-0.05, 0) is 6.92 Å². The van der Waals surface area contributed by atoms with E-state index < -0.39 is 5.97 Å². The zero-order valence-corrected chi connectivity index (χ0v) is 12.5. The minimum absolute atomic E-state index is 0.0517. The van der Waals surface area contributed by atoms with Gasteiger partial charge in [0.1, 0.15) is 9.88 Å². The number of aliphatic carboxylic acids is 1. The number of rotatable bonds is 6. The highest BCUT2D eigenvalue weighted by molar-refractivity contribution is 7.16. The third-order valence-corrected chi connectivity index (χ3v) is 4.04. The summed E-state index contributed by atoms with van der Waals surface area (Å²) in [6.45, 7) is 2.52. The van der Waals surface area contributed by atoms with Crippen LogP contribution in [-0.2, 0) is 4.79 Å². The third kappa shape index (κ3) is 3.88. The van der Waals surface area contributed by atoms with Gasteiger partial charge in [-0.15, -0.1) is 11.3 Å². The molecule has 0 radical (unpaired) electrons. The van der Waals surface area contributed by atoms with Gasteiger partial charge in [-0.2, -0.15) is 0 Å². The molecule has 0 spiro atoms. The molecule has 1 amide bonds. The number of carboxylic acids is 1. The standard InChI is InChI=1S/C15H16N2O3S/c1-2-17(9-8-13(18)19)15(20)12-10-16-14(21-12)11-6-4-3-5-7-11/h3-7,10H,2,8-9H2,1H3,(H,18,19). The summed E-state index contributed by atoms with van der Waals surface area (Å²) >= 11 is 1.32. The molecule has 1 heterocycles. The number of nitrogens with zero attached hydrogens (tertiary/aromatic N) is 2. The Morgan fingerprint density at radius 1 is 1.29 bits per heavy atom. The Morgan fingerprint density at radius 3 is 2.62 bits per heavy atom. The molecule has 6 heteroatoms. The largest absolute Gasteiger partial charge is 0.481 e. The number of carbonyl (C=O) groups is 2. The van der Waals surface area contributed by atoms with Crippen molar-refractivity contribution in [1.82, 2.24) is 9.88 Å². The Labute approximate surface area is 126 Å². The van der Waals surface area contributed by atoms with Crippen LogP contribution in [0, 0.1) is 0 Å². The summed E-state index contributed by atoms with van der Waals surface area (Å²) in [5.74, 6) is -1.08. The highest BCUT2D eigenvalue weighted by Gasteiger charge is 2.18. The van der Waals surface area contributed by atoms with Gasteiger partial charge in [0.05, 0.1) is 12.6 Å². The van der Waals surface area contributed by atoms with Crippen LogP contribution in [0.3, 0.4) is 0 Å². The van der Waals surface area contributed by atoms with E-state index in [1.807, 2.05) is 37.3 Å². The fraction of sp³-hybridized carbons (Fsp3) is 0.267. The summed E-state index contributed by atoms with van der Waals surface area (Å²) in [6.07, 6.45) is 1.50. The summed E-state index contributed by atoms with van der Waals surface area (Å²) in [5.41, 5.74) is 0.968. The number of carboxylic acid groups (broad SMARTS) is 1. The van der Waals surface area contributed by atoms with Gasteiger partial charge in [-0.3, -0.25) is 9.59 Å². The molecular formula is C15H16N2O3S. The first kappa shape index (κ1) is 15.2. The molecule has 21 heavy (non-hydrogen) atoms. The molecule has 110 valence electrons. The van der Waals surface area contributed by atoms with Crippen LogP contribution in [-0.4, -0.2) is 40.0 Å². The predicted octanol–water partition coefficient (Wildman–Crippen LogP) is 2.75. The molecule has 0 saturated heterocycles. The number of hydrogen-bond acceptors (Lipinski definition) is 4. The second kappa shape index (κ2) is 6.99. The van der Waals surface area contributed by atoms with Gasteiger partial charge in [0, 0.05) is 18.7 Å². The first-order chi connectivity index (χ1) is 10.1. The Morgan fingerprint density at radius 2 is 2.00 bits per heavy atom. The second-order valence-corrected chi connectivity index (χ2v) is 5.45. The van der Waals surface area contributed by atoms with E-state index in [4.69, 9.17) is 5.11 Å². The number of hydrogen-bond donors (Lipinski definition) is 1. The van der Waals surface area contributed by atoms with Crippen LogP contribution in [0.25, 0.3) is 10.6 Å². The van der Waals surface area contributed by atoms with Crippen molar-refractivity contribution in [2.75, 3.05) is 13.1 Å². The highest BCUT2D eigenvalue weighted by atomic mass is 32.1. The molecule has 2 rings (SSSR count). The average molecular weight is 304 g/mol. The lowest BCUT2D eigenvalue weighted by Crippen LogP contribution is -2.32. The summed E-state index contributed by atoms with van der Waals surface area (Å²) < 4.78 is 0. The van der Waals surface area contributed by atoms with Crippen molar-refractivity contribution in [3.05, 3.63) is 41.4 Å². The lowest BCUT2D eigenvalue weighted by Gasteiger charge is -2.18. The van der Waals surface area contributed by atoms with Gasteiger partial charge in [0.15, 0.2) is 0 Å². The van der Waals surface area contributed by atoms with Crippen molar-refractivity contribution in [3.8, 4) is 10.6 Å². The van der Waals surface area contributed by atoms with Gasteiger partial charge < -0.3 is 10.0 Å². The van der Waals surface area contributed by atoms with E-state index in [1.54, 1.807) is 6.20 Å². The van der Waals surface area contributed by atoms with Crippen molar-refractivity contribution in [1.29, 1.82) is 0 Å². The van der Waals surface area contributed by atoms with Crippen LogP contribution in [0.15, 0.2) is 36.5 Å². The molecule has 0 atom stereocenters. The SMILES string of the molecule is CCN(CCC(=O)O)C(=O)c1cnc(-c2ccccc2)s1. The van der Waals surface area contributed by atoms with E-state index in [1.165, 1.54) is 16.2 Å². The maximum absolute atomic E-state index is 12.3. The Bertz CT molecular complexity index is 625. The summed E-state index contributed by atoms with van der Waals surface area (Å²) in [4.78, 5) is 29.3. The fourth-order valence-electron chi connectivity index (χ4n) is 1.88. The Kier molecular flexibility index (Phi) is 5.05. The van der Waals surface area contributed by atoms with E-state index >= 15 is 0 Å². The number of carbonyl (C=O) groups excluding carboxylic acids is 1. The summed E-state index contributed by atoms with van der Waals surface area (Å²) in [5, 5.41) is 9.50. The van der Waals surface area contributed by atoms with Gasteiger partial charge in [0.2, 0.25) is 0 Å². The molecule has 0 aliphatic heterocycles. The number of aromatic nitrogens is 1. The molecule has 5 nitrogen and oxygen atoms in total. The highest BCUT2D eigenvalue weighted by Crippen LogP contribution is 2.25. The van der Waals surface area contributed by atoms with Crippen LogP contribution in [0.4, 0.5) is 0 Å². The average Bonchev–Trinajstić information content (AvgIpc) is 2.98. The molecule has 0 aliphatic rings. The topological polar surface area (TPSA) is 70.5 Å². The zero-order valence-electron chi connectivity index (χ0n) is 11.7.